The molecule has 0 saturated carbocycles. The lowest BCUT2D eigenvalue weighted by molar-refractivity contribution is 0.489. The molecule has 0 unspecified atom stereocenters. The molecule has 13 aromatic carbocycles. The van der Waals surface area contributed by atoms with Gasteiger partial charge in [-0.1, -0.05) is 212 Å². The highest BCUT2D eigenvalue weighted by molar-refractivity contribution is 7.03. The molecule has 2 aromatic heterocycles. The van der Waals surface area contributed by atoms with Gasteiger partial charge in [0.1, 0.15) is 33.8 Å². The molecule has 0 spiro atoms. The van der Waals surface area contributed by atoms with Crippen molar-refractivity contribution in [1.29, 1.82) is 0 Å². The van der Waals surface area contributed by atoms with Crippen molar-refractivity contribution in [2.75, 3.05) is 14.7 Å². The van der Waals surface area contributed by atoms with Crippen LogP contribution in [0.4, 0.5) is 51.2 Å². The molecule has 0 fully saturated rings. The van der Waals surface area contributed by atoms with E-state index in [4.69, 9.17) is 13.6 Å². The minimum absolute atomic E-state index is 0.197. The molecule has 0 atom stereocenters. The van der Waals surface area contributed by atoms with Gasteiger partial charge < -0.3 is 28.3 Å². The predicted molar refractivity (Wildman–Crippen MR) is 357 cm³/mol. The minimum Gasteiger partial charge on any atom is -0.457 e. The second kappa shape index (κ2) is 18.1. The number of furan rings is 2. The standard InChI is InChI=1S/C78H47B2N3O3/c1-6-25-48(26-7-1)53-37-24-38-54(49-27-8-2-9-28-49)69(53)72-77-71(56-36-17-23-44-66(56)85-77)76-74-78(72)86-67-46-63-59(45-60(67)80(74)58-40-19-21-42-62(58)82(76)51-31-12-4-13-32-51)79-57-39-18-20-41-61(57)81(50-29-10-3-11-30-50)64-47-68-70(55-35-16-22-43-65(55)84-68)75(73(64)79)83(63)52-33-14-5-15-34-52/h1-47H. The fourth-order valence-electron chi connectivity index (χ4n) is 15.1. The fraction of sp³-hybridized carbons (Fsp3) is 0. The van der Waals surface area contributed by atoms with Gasteiger partial charge in [-0.25, -0.2) is 0 Å². The van der Waals surface area contributed by atoms with Crippen LogP contribution in [0.25, 0.3) is 77.3 Å². The molecule has 0 N–H and O–H groups in total. The molecule has 15 aromatic rings. The van der Waals surface area contributed by atoms with Crippen molar-refractivity contribution in [1.82, 2.24) is 0 Å². The highest BCUT2D eigenvalue weighted by Crippen LogP contribution is 2.57. The van der Waals surface area contributed by atoms with E-state index in [1.807, 2.05) is 0 Å². The van der Waals surface area contributed by atoms with Gasteiger partial charge in [-0.15, -0.1) is 0 Å². The van der Waals surface area contributed by atoms with E-state index in [0.29, 0.717) is 0 Å². The molecular formula is C78H47B2N3O3. The molecule has 0 saturated heterocycles. The zero-order valence-corrected chi connectivity index (χ0v) is 46.4. The number of rotatable bonds is 6. The third-order valence-electron chi connectivity index (χ3n) is 18.4. The van der Waals surface area contributed by atoms with Crippen molar-refractivity contribution in [3.63, 3.8) is 0 Å². The Morgan fingerprint density at radius 1 is 0.302 bits per heavy atom. The van der Waals surface area contributed by atoms with Crippen molar-refractivity contribution in [3.8, 4) is 44.9 Å². The Morgan fingerprint density at radius 2 is 0.779 bits per heavy atom. The van der Waals surface area contributed by atoms with Crippen molar-refractivity contribution >= 4 is 141 Å². The first-order valence-electron chi connectivity index (χ1n) is 29.6. The Balaban J connectivity index is 0.982. The molecule has 19 rings (SSSR count). The van der Waals surface area contributed by atoms with Gasteiger partial charge in [-0.3, -0.25) is 0 Å². The molecule has 8 heteroatoms. The topological polar surface area (TPSA) is 45.2 Å². The Hall–Kier alpha value is -11.2. The van der Waals surface area contributed by atoms with Crippen LogP contribution in [0.2, 0.25) is 0 Å². The molecule has 4 aliphatic heterocycles. The number of ether oxygens (including phenoxy) is 1. The van der Waals surface area contributed by atoms with Gasteiger partial charge in [0, 0.05) is 68.3 Å². The Kier molecular flexibility index (Phi) is 9.98. The Labute approximate surface area is 496 Å². The third-order valence-corrected chi connectivity index (χ3v) is 18.4. The summed E-state index contributed by atoms with van der Waals surface area (Å²) < 4.78 is 22.7. The highest BCUT2D eigenvalue weighted by atomic mass is 16.5. The minimum atomic E-state index is -0.294. The van der Waals surface area contributed by atoms with Crippen LogP contribution in [0, 0.1) is 0 Å². The monoisotopic (exact) mass is 1100 g/mol. The predicted octanol–water partition coefficient (Wildman–Crippen LogP) is 17.0. The Morgan fingerprint density at radius 3 is 1.40 bits per heavy atom. The van der Waals surface area contributed by atoms with E-state index in [0.717, 1.165) is 151 Å². The summed E-state index contributed by atoms with van der Waals surface area (Å²) in [5.41, 5.74) is 26.3. The summed E-state index contributed by atoms with van der Waals surface area (Å²) >= 11 is 0. The van der Waals surface area contributed by atoms with Crippen LogP contribution in [0.3, 0.4) is 0 Å². The number of fused-ring (bicyclic) bond motifs is 16. The largest absolute Gasteiger partial charge is 0.457 e. The molecule has 398 valence electrons. The van der Waals surface area contributed by atoms with Crippen molar-refractivity contribution in [3.05, 3.63) is 285 Å². The molecular weight excluding hydrogens is 1050 g/mol. The van der Waals surface area contributed by atoms with Crippen molar-refractivity contribution in [2.45, 2.75) is 0 Å². The lowest BCUT2D eigenvalue weighted by atomic mass is 9.30. The quantitative estimate of drug-likeness (QED) is 0.155. The number of hydrogen-bond donors (Lipinski definition) is 0. The number of nitrogens with zero attached hydrogens (tertiary/aromatic N) is 3. The molecule has 86 heavy (non-hydrogen) atoms. The number of hydrogen-bond acceptors (Lipinski definition) is 6. The molecule has 0 amide bonds. The summed E-state index contributed by atoms with van der Waals surface area (Å²) in [7, 11) is 0. The van der Waals surface area contributed by atoms with E-state index in [1.54, 1.807) is 0 Å². The number of anilines is 9. The van der Waals surface area contributed by atoms with Crippen LogP contribution in [0.15, 0.2) is 294 Å². The molecule has 6 nitrogen and oxygen atoms in total. The maximum Gasteiger partial charge on any atom is 0.256 e. The molecule has 6 heterocycles. The van der Waals surface area contributed by atoms with Crippen molar-refractivity contribution < 1.29 is 13.6 Å². The van der Waals surface area contributed by atoms with Gasteiger partial charge in [0.15, 0.2) is 0 Å². The SMILES string of the molecule is c1ccc(-c2cccc(-c3ccccc3)c2-c2c3c4c(c5c2oc2ccccc25)N(c2ccccc2)c2ccccc2B4c2cc4c(cc2O3)N(c2ccccc2)c2c3c(cc5oc6ccccc6c25)N(c2ccccc2)c2ccccc2B43)cc1. The number of benzene rings is 13. The van der Waals surface area contributed by atoms with E-state index < -0.39 is 0 Å². The average Bonchev–Trinajstić information content (AvgIpc) is 1.12. The average molecular weight is 1100 g/mol. The van der Waals surface area contributed by atoms with Crippen LogP contribution < -0.4 is 52.2 Å². The van der Waals surface area contributed by atoms with E-state index in [9.17, 15) is 0 Å². The number of para-hydroxylation sites is 7. The van der Waals surface area contributed by atoms with E-state index in [2.05, 4.69) is 300 Å². The van der Waals surface area contributed by atoms with Crippen LogP contribution in [-0.2, 0) is 0 Å². The zero-order valence-electron chi connectivity index (χ0n) is 46.4. The van der Waals surface area contributed by atoms with Crippen molar-refractivity contribution in [2.24, 2.45) is 0 Å². The van der Waals surface area contributed by atoms with Gasteiger partial charge in [-0.2, -0.15) is 0 Å². The third kappa shape index (κ3) is 6.58. The van der Waals surface area contributed by atoms with E-state index in [1.165, 1.54) is 21.9 Å². The van der Waals surface area contributed by atoms with Gasteiger partial charge in [0.05, 0.1) is 27.7 Å². The summed E-state index contributed by atoms with van der Waals surface area (Å²) in [6, 6.07) is 103. The van der Waals surface area contributed by atoms with Gasteiger partial charge in [-0.05, 0) is 116 Å². The fourth-order valence-corrected chi connectivity index (χ4v) is 15.1. The van der Waals surface area contributed by atoms with Crippen LogP contribution in [-0.4, -0.2) is 13.4 Å². The Bertz CT molecular complexity index is 5240. The molecule has 0 bridgehead atoms. The molecule has 4 aliphatic rings. The lowest BCUT2D eigenvalue weighted by Gasteiger charge is -2.45. The maximum atomic E-state index is 8.19. The normalized spacial score (nSPS) is 13.3. The highest BCUT2D eigenvalue weighted by Gasteiger charge is 2.50. The second-order valence-corrected chi connectivity index (χ2v) is 22.9. The van der Waals surface area contributed by atoms with Gasteiger partial charge in [0.25, 0.3) is 13.4 Å². The van der Waals surface area contributed by atoms with Gasteiger partial charge >= 0.3 is 0 Å². The maximum absolute atomic E-state index is 8.19. The zero-order chi connectivity index (χ0) is 56.1. The summed E-state index contributed by atoms with van der Waals surface area (Å²) in [4.78, 5) is 7.43. The summed E-state index contributed by atoms with van der Waals surface area (Å²) in [6.07, 6.45) is 0. The van der Waals surface area contributed by atoms with E-state index in [-0.39, 0.29) is 13.4 Å². The smallest absolute Gasteiger partial charge is 0.256 e. The lowest BCUT2D eigenvalue weighted by Crippen LogP contribution is -2.64. The first-order valence-corrected chi connectivity index (χ1v) is 29.6. The van der Waals surface area contributed by atoms with E-state index >= 15 is 0 Å². The van der Waals surface area contributed by atoms with Crippen LogP contribution >= 0.6 is 0 Å². The molecule has 0 aliphatic carbocycles. The van der Waals surface area contributed by atoms with Crippen LogP contribution in [0.1, 0.15) is 0 Å². The van der Waals surface area contributed by atoms with Gasteiger partial charge in [0.2, 0.25) is 0 Å². The second-order valence-electron chi connectivity index (χ2n) is 22.9. The summed E-state index contributed by atoms with van der Waals surface area (Å²) in [5.74, 6) is 1.56. The first-order chi connectivity index (χ1) is 42.7. The molecule has 0 radical (unpaired) electrons. The first kappa shape index (κ1) is 47.3. The summed E-state index contributed by atoms with van der Waals surface area (Å²) in [6.45, 7) is -0.492. The summed E-state index contributed by atoms with van der Waals surface area (Å²) in [5, 5.41) is 4.22. The van der Waals surface area contributed by atoms with Crippen LogP contribution in [0.5, 0.6) is 11.5 Å².